The van der Waals surface area contributed by atoms with Crippen LogP contribution < -0.4 is 10.6 Å². The third kappa shape index (κ3) is 2.58. The van der Waals surface area contributed by atoms with Gasteiger partial charge in [0, 0.05) is 24.8 Å². The van der Waals surface area contributed by atoms with Crippen LogP contribution in [0.3, 0.4) is 0 Å². The van der Waals surface area contributed by atoms with E-state index >= 15 is 0 Å². The number of nitrogens with zero attached hydrogens (tertiary/aromatic N) is 1. The third-order valence-corrected chi connectivity index (χ3v) is 3.72. The van der Waals surface area contributed by atoms with Gasteiger partial charge >= 0.3 is 0 Å². The first-order valence-electron chi connectivity index (χ1n) is 6.82. The van der Waals surface area contributed by atoms with Crippen molar-refractivity contribution in [2.75, 3.05) is 6.54 Å². The van der Waals surface area contributed by atoms with Gasteiger partial charge in [-0.15, -0.1) is 0 Å². The number of benzene rings is 1. The number of nitrogens with one attached hydrogen (secondary N) is 3. The van der Waals surface area contributed by atoms with Crippen molar-refractivity contribution in [2.24, 2.45) is 0 Å². The molecule has 0 fully saturated rings. The molecule has 1 aromatic heterocycles. The minimum absolute atomic E-state index is 0.121. The Hall–Kier alpha value is -2.14. The number of fused-ring (bicyclic) bond motifs is 1. The van der Waals surface area contributed by atoms with Crippen LogP contribution in [-0.4, -0.2) is 28.5 Å². The van der Waals surface area contributed by atoms with Crippen LogP contribution >= 0.6 is 0 Å². The second kappa shape index (κ2) is 5.46. The van der Waals surface area contributed by atoms with Crippen LogP contribution in [0.25, 0.3) is 0 Å². The summed E-state index contributed by atoms with van der Waals surface area (Å²) in [5, 5.41) is 6.39. The molecule has 0 radical (unpaired) electrons. The lowest BCUT2D eigenvalue weighted by atomic mass is 9.96. The Morgan fingerprint density at radius 2 is 2.20 bits per heavy atom. The van der Waals surface area contributed by atoms with Gasteiger partial charge in [-0.25, -0.2) is 4.98 Å². The van der Waals surface area contributed by atoms with Gasteiger partial charge in [-0.05, 0) is 24.5 Å². The van der Waals surface area contributed by atoms with Crippen molar-refractivity contribution in [3.8, 4) is 0 Å². The van der Waals surface area contributed by atoms with Gasteiger partial charge in [0.2, 0.25) is 0 Å². The summed E-state index contributed by atoms with van der Waals surface area (Å²) >= 11 is 0. The molecule has 0 saturated heterocycles. The Kier molecular flexibility index (Phi) is 3.52. The van der Waals surface area contributed by atoms with E-state index in [-0.39, 0.29) is 11.9 Å². The molecule has 1 unspecified atom stereocenters. The van der Waals surface area contributed by atoms with E-state index in [0.717, 1.165) is 18.7 Å². The molecule has 1 atom stereocenters. The molecular weight excluding hydrogens is 252 g/mol. The van der Waals surface area contributed by atoms with Crippen molar-refractivity contribution < 1.29 is 4.79 Å². The summed E-state index contributed by atoms with van der Waals surface area (Å²) < 4.78 is 0. The lowest BCUT2D eigenvalue weighted by Crippen LogP contribution is -2.44. The first kappa shape index (κ1) is 12.9. The van der Waals surface area contributed by atoms with Crippen molar-refractivity contribution in [2.45, 2.75) is 25.9 Å². The fourth-order valence-corrected chi connectivity index (χ4v) is 2.55. The Morgan fingerprint density at radius 1 is 1.40 bits per heavy atom. The monoisotopic (exact) mass is 270 g/mol. The van der Waals surface area contributed by atoms with Crippen molar-refractivity contribution in [3.05, 3.63) is 53.1 Å². The third-order valence-electron chi connectivity index (χ3n) is 3.72. The highest BCUT2D eigenvalue weighted by Crippen LogP contribution is 2.15. The van der Waals surface area contributed by atoms with Crippen LogP contribution in [0.4, 0.5) is 0 Å². The molecule has 2 aromatic rings. The zero-order valence-corrected chi connectivity index (χ0v) is 11.4. The second-order valence-electron chi connectivity index (χ2n) is 5.14. The molecule has 0 spiro atoms. The average molecular weight is 270 g/mol. The average Bonchev–Trinajstić information content (AvgIpc) is 2.91. The predicted octanol–water partition coefficient (Wildman–Crippen LogP) is 1.16. The molecule has 1 aliphatic rings. The van der Waals surface area contributed by atoms with Crippen LogP contribution in [0.2, 0.25) is 0 Å². The Bertz CT molecular complexity index is 620. The zero-order valence-electron chi connectivity index (χ0n) is 11.4. The van der Waals surface area contributed by atoms with Crippen molar-refractivity contribution >= 4 is 5.91 Å². The zero-order chi connectivity index (χ0) is 13.9. The van der Waals surface area contributed by atoms with E-state index in [1.807, 2.05) is 6.92 Å². The standard InChI is InChI=1S/C15H18N4O/c1-10-14(19-9-18-10)15(20)17-8-13-6-11-4-2-3-5-12(11)7-16-13/h2-5,9,13,16H,6-8H2,1H3,(H,17,20)(H,18,19). The van der Waals surface area contributed by atoms with Gasteiger partial charge in [0.15, 0.2) is 0 Å². The summed E-state index contributed by atoms with van der Waals surface area (Å²) in [6.07, 6.45) is 2.48. The summed E-state index contributed by atoms with van der Waals surface area (Å²) in [6, 6.07) is 8.69. The van der Waals surface area contributed by atoms with Crippen LogP contribution in [0.1, 0.15) is 27.3 Å². The lowest BCUT2D eigenvalue weighted by molar-refractivity contribution is 0.0944. The fraction of sp³-hybridized carbons (Fsp3) is 0.333. The topological polar surface area (TPSA) is 69.8 Å². The number of hydrogen-bond acceptors (Lipinski definition) is 3. The highest BCUT2D eigenvalue weighted by molar-refractivity contribution is 5.93. The molecule has 1 amide bonds. The normalized spacial score (nSPS) is 17.6. The molecule has 5 heteroatoms. The molecule has 3 N–H and O–H groups in total. The van der Waals surface area contributed by atoms with Crippen molar-refractivity contribution in [1.82, 2.24) is 20.6 Å². The predicted molar refractivity (Wildman–Crippen MR) is 76.4 cm³/mol. The number of imidazole rings is 1. The Morgan fingerprint density at radius 3 is 2.95 bits per heavy atom. The molecular formula is C15H18N4O. The number of hydrogen-bond donors (Lipinski definition) is 3. The summed E-state index contributed by atoms with van der Waals surface area (Å²) in [5.41, 5.74) is 3.98. The molecule has 1 aliphatic heterocycles. The maximum absolute atomic E-state index is 12.0. The number of carbonyl (C=O) groups excluding carboxylic acids is 1. The Balaban J connectivity index is 1.58. The lowest BCUT2D eigenvalue weighted by Gasteiger charge is -2.26. The van der Waals surface area contributed by atoms with Gasteiger partial charge in [-0.3, -0.25) is 4.79 Å². The van der Waals surface area contributed by atoms with Gasteiger partial charge in [0.1, 0.15) is 5.69 Å². The molecule has 1 aromatic carbocycles. The van der Waals surface area contributed by atoms with Crippen LogP contribution in [0.15, 0.2) is 30.6 Å². The van der Waals surface area contributed by atoms with E-state index in [9.17, 15) is 4.79 Å². The number of aryl methyl sites for hydroxylation is 1. The molecule has 104 valence electrons. The molecule has 0 aliphatic carbocycles. The van der Waals surface area contributed by atoms with Crippen LogP contribution in [0, 0.1) is 6.92 Å². The number of H-pyrrole nitrogens is 1. The molecule has 0 saturated carbocycles. The Labute approximate surface area is 117 Å². The second-order valence-corrected chi connectivity index (χ2v) is 5.14. The van der Waals surface area contributed by atoms with E-state index in [2.05, 4.69) is 44.9 Å². The molecule has 5 nitrogen and oxygen atoms in total. The quantitative estimate of drug-likeness (QED) is 0.784. The van der Waals surface area contributed by atoms with E-state index in [4.69, 9.17) is 0 Å². The molecule has 20 heavy (non-hydrogen) atoms. The largest absolute Gasteiger partial charge is 0.349 e. The number of aromatic amines is 1. The van der Waals surface area contributed by atoms with Crippen molar-refractivity contribution in [1.29, 1.82) is 0 Å². The highest BCUT2D eigenvalue weighted by Gasteiger charge is 2.19. The number of amides is 1. The summed E-state index contributed by atoms with van der Waals surface area (Å²) in [4.78, 5) is 18.9. The summed E-state index contributed by atoms with van der Waals surface area (Å²) in [5.74, 6) is -0.121. The first-order chi connectivity index (χ1) is 9.74. The molecule has 2 heterocycles. The van der Waals surface area contributed by atoms with E-state index < -0.39 is 0 Å². The van der Waals surface area contributed by atoms with Crippen LogP contribution in [-0.2, 0) is 13.0 Å². The smallest absolute Gasteiger partial charge is 0.271 e. The van der Waals surface area contributed by atoms with E-state index in [1.54, 1.807) is 6.33 Å². The SMILES string of the molecule is Cc1[nH]cnc1C(=O)NCC1Cc2ccccc2CN1. The number of carbonyl (C=O) groups is 1. The maximum atomic E-state index is 12.0. The molecule has 0 bridgehead atoms. The van der Waals surface area contributed by atoms with E-state index in [0.29, 0.717) is 12.2 Å². The summed E-state index contributed by atoms with van der Waals surface area (Å²) in [6.45, 7) is 3.31. The number of rotatable bonds is 3. The first-order valence-corrected chi connectivity index (χ1v) is 6.82. The van der Waals surface area contributed by atoms with Gasteiger partial charge in [-0.1, -0.05) is 24.3 Å². The maximum Gasteiger partial charge on any atom is 0.271 e. The minimum Gasteiger partial charge on any atom is -0.349 e. The van der Waals surface area contributed by atoms with Gasteiger partial charge < -0.3 is 15.6 Å². The molecule has 3 rings (SSSR count). The summed E-state index contributed by atoms with van der Waals surface area (Å²) in [7, 11) is 0. The van der Waals surface area contributed by atoms with Crippen molar-refractivity contribution in [3.63, 3.8) is 0 Å². The number of aromatic nitrogens is 2. The minimum atomic E-state index is -0.121. The fourth-order valence-electron chi connectivity index (χ4n) is 2.55. The van der Waals surface area contributed by atoms with Gasteiger partial charge in [-0.2, -0.15) is 0 Å². The van der Waals surface area contributed by atoms with E-state index in [1.165, 1.54) is 11.1 Å². The highest BCUT2D eigenvalue weighted by atomic mass is 16.1. The van der Waals surface area contributed by atoms with Crippen LogP contribution in [0.5, 0.6) is 0 Å². The van der Waals surface area contributed by atoms with Gasteiger partial charge in [0.25, 0.3) is 5.91 Å². The van der Waals surface area contributed by atoms with Gasteiger partial charge in [0.05, 0.1) is 6.33 Å².